The third-order valence-corrected chi connectivity index (χ3v) is 4.96. The summed E-state index contributed by atoms with van der Waals surface area (Å²) in [5.41, 5.74) is 2.65. The second kappa shape index (κ2) is 7.35. The van der Waals surface area contributed by atoms with E-state index in [9.17, 15) is 4.79 Å². The zero-order valence-electron chi connectivity index (χ0n) is 15.7. The van der Waals surface area contributed by atoms with E-state index < -0.39 is 0 Å². The molecule has 5 heteroatoms. The lowest BCUT2D eigenvalue weighted by Gasteiger charge is -2.26. The molecule has 1 N–H and O–H groups in total. The van der Waals surface area contributed by atoms with E-state index in [2.05, 4.69) is 16.8 Å². The number of carbonyl (C=O) groups is 1. The molecule has 5 nitrogen and oxygen atoms in total. The van der Waals surface area contributed by atoms with Gasteiger partial charge in [0.1, 0.15) is 23.3 Å². The van der Waals surface area contributed by atoms with Crippen molar-refractivity contribution < 1.29 is 14.3 Å². The van der Waals surface area contributed by atoms with Gasteiger partial charge in [0.2, 0.25) is 0 Å². The van der Waals surface area contributed by atoms with E-state index >= 15 is 0 Å². The highest BCUT2D eigenvalue weighted by molar-refractivity contribution is 6.00. The van der Waals surface area contributed by atoms with E-state index in [0.717, 1.165) is 34.4 Å². The summed E-state index contributed by atoms with van der Waals surface area (Å²) in [5.74, 6) is 1.58. The maximum atomic E-state index is 13.0. The number of ether oxygens (including phenoxy) is 2. The summed E-state index contributed by atoms with van der Waals surface area (Å²) in [6.45, 7) is 5.77. The van der Waals surface area contributed by atoms with E-state index in [1.54, 1.807) is 0 Å². The Morgan fingerprint density at radius 2 is 2.07 bits per heavy atom. The predicted molar refractivity (Wildman–Crippen MR) is 105 cm³/mol. The van der Waals surface area contributed by atoms with Crippen molar-refractivity contribution in [2.45, 2.75) is 39.5 Å². The largest absolute Gasteiger partial charge is 0.494 e. The molecule has 0 spiro atoms. The van der Waals surface area contributed by atoms with Gasteiger partial charge >= 0.3 is 0 Å². The second-order valence-corrected chi connectivity index (χ2v) is 6.71. The number of aromatic nitrogens is 1. The normalized spacial score (nSPS) is 15.4. The number of carbonyl (C=O) groups excluding carboxylic acids is 1. The molecule has 1 atom stereocenters. The maximum Gasteiger partial charge on any atom is 0.268 e. The van der Waals surface area contributed by atoms with Crippen LogP contribution >= 0.6 is 0 Å². The van der Waals surface area contributed by atoms with E-state index in [4.69, 9.17) is 9.47 Å². The maximum absolute atomic E-state index is 13.0. The third kappa shape index (κ3) is 3.25. The number of nitrogens with one attached hydrogen (secondary N) is 1. The van der Waals surface area contributed by atoms with Gasteiger partial charge in [0.05, 0.1) is 18.7 Å². The average Bonchev–Trinajstić information content (AvgIpc) is 3.07. The van der Waals surface area contributed by atoms with Crippen molar-refractivity contribution in [3.8, 4) is 11.5 Å². The molecule has 1 aliphatic rings. The molecular weight excluding hydrogens is 340 g/mol. The zero-order valence-corrected chi connectivity index (χ0v) is 15.7. The van der Waals surface area contributed by atoms with Gasteiger partial charge in [0.25, 0.3) is 5.91 Å². The molecule has 0 radical (unpaired) electrons. The van der Waals surface area contributed by atoms with Crippen LogP contribution in [0, 0.1) is 0 Å². The van der Waals surface area contributed by atoms with Crippen LogP contribution in [0.3, 0.4) is 0 Å². The highest BCUT2D eigenvalue weighted by Crippen LogP contribution is 2.34. The summed E-state index contributed by atoms with van der Waals surface area (Å²) >= 11 is 0. The molecule has 0 saturated heterocycles. The highest BCUT2D eigenvalue weighted by Gasteiger charge is 2.25. The molecule has 1 aliphatic heterocycles. The van der Waals surface area contributed by atoms with Gasteiger partial charge in [-0.25, -0.2) is 0 Å². The molecule has 0 fully saturated rings. The van der Waals surface area contributed by atoms with Crippen molar-refractivity contribution in [3.05, 3.63) is 59.8 Å². The van der Waals surface area contributed by atoms with Gasteiger partial charge in [-0.05, 0) is 31.5 Å². The lowest BCUT2D eigenvalue weighted by molar-refractivity contribution is 0.0935. The molecule has 0 bridgehead atoms. The summed E-state index contributed by atoms with van der Waals surface area (Å²) in [6.07, 6.45) is 0.984. The quantitative estimate of drug-likeness (QED) is 0.715. The molecule has 0 saturated carbocycles. The number of para-hydroxylation sites is 2. The Labute approximate surface area is 158 Å². The number of rotatable bonds is 6. The number of amides is 1. The summed E-state index contributed by atoms with van der Waals surface area (Å²) < 4.78 is 13.8. The standard InChI is InChI=1S/C22H24N2O3/c1-3-17-14-24-18(12-15-9-7-11-20(27-17)21(15)24)22(25)23-13-16-8-5-6-10-19(16)26-4-2/h5-12,17H,3-4,13-14H2,1-2H3,(H,23,25)/t17-/m1/s1. The lowest BCUT2D eigenvalue weighted by Crippen LogP contribution is -2.31. The Hall–Kier alpha value is -2.95. The van der Waals surface area contributed by atoms with Gasteiger partial charge in [0.15, 0.2) is 0 Å². The first-order valence-corrected chi connectivity index (χ1v) is 9.49. The molecule has 27 heavy (non-hydrogen) atoms. The molecule has 0 unspecified atom stereocenters. The smallest absolute Gasteiger partial charge is 0.268 e. The van der Waals surface area contributed by atoms with E-state index in [1.807, 2.05) is 55.5 Å². The first kappa shape index (κ1) is 17.5. The number of hydrogen-bond acceptors (Lipinski definition) is 3. The molecular formula is C22H24N2O3. The Bertz CT molecular complexity index is 977. The van der Waals surface area contributed by atoms with Crippen LogP contribution in [0.1, 0.15) is 36.3 Å². The third-order valence-electron chi connectivity index (χ3n) is 4.96. The minimum atomic E-state index is -0.0831. The fourth-order valence-corrected chi connectivity index (χ4v) is 3.61. The van der Waals surface area contributed by atoms with Crippen LogP contribution in [0.15, 0.2) is 48.5 Å². The SMILES string of the molecule is CCOc1ccccc1CNC(=O)c1cc2cccc3c2n1C[C@@H](CC)O3. The zero-order chi connectivity index (χ0) is 18.8. The van der Waals surface area contributed by atoms with Crippen molar-refractivity contribution in [3.63, 3.8) is 0 Å². The van der Waals surface area contributed by atoms with Crippen LogP contribution in [0.25, 0.3) is 10.9 Å². The van der Waals surface area contributed by atoms with Crippen molar-refractivity contribution in [2.75, 3.05) is 6.61 Å². The van der Waals surface area contributed by atoms with E-state index in [0.29, 0.717) is 25.4 Å². The first-order chi connectivity index (χ1) is 13.2. The van der Waals surface area contributed by atoms with Gasteiger partial charge in [-0.3, -0.25) is 4.79 Å². The van der Waals surface area contributed by atoms with Crippen LogP contribution in [0.4, 0.5) is 0 Å². The molecule has 2 aromatic carbocycles. The number of benzene rings is 2. The molecule has 2 heterocycles. The van der Waals surface area contributed by atoms with Gasteiger partial charge in [0, 0.05) is 17.5 Å². The van der Waals surface area contributed by atoms with Gasteiger partial charge in [-0.15, -0.1) is 0 Å². The minimum Gasteiger partial charge on any atom is -0.494 e. The fraction of sp³-hybridized carbons (Fsp3) is 0.318. The van der Waals surface area contributed by atoms with Gasteiger partial charge in [-0.2, -0.15) is 0 Å². The second-order valence-electron chi connectivity index (χ2n) is 6.71. The Kier molecular flexibility index (Phi) is 4.75. The first-order valence-electron chi connectivity index (χ1n) is 9.49. The molecule has 1 amide bonds. The molecule has 0 aliphatic carbocycles. The van der Waals surface area contributed by atoms with Crippen molar-refractivity contribution in [1.29, 1.82) is 0 Å². The highest BCUT2D eigenvalue weighted by atomic mass is 16.5. The summed E-state index contributed by atoms with van der Waals surface area (Å²) in [6, 6.07) is 15.7. The Morgan fingerprint density at radius 1 is 1.22 bits per heavy atom. The summed E-state index contributed by atoms with van der Waals surface area (Å²) in [7, 11) is 0. The monoisotopic (exact) mass is 364 g/mol. The van der Waals surface area contributed by atoms with Crippen LogP contribution in [0.2, 0.25) is 0 Å². The lowest BCUT2D eigenvalue weighted by atomic mass is 10.2. The Balaban J connectivity index is 1.60. The number of hydrogen-bond donors (Lipinski definition) is 1. The average molecular weight is 364 g/mol. The fourth-order valence-electron chi connectivity index (χ4n) is 3.61. The van der Waals surface area contributed by atoms with Crippen LogP contribution in [-0.2, 0) is 13.1 Å². The topological polar surface area (TPSA) is 52.5 Å². The summed E-state index contributed by atoms with van der Waals surface area (Å²) in [5, 5.41) is 4.08. The van der Waals surface area contributed by atoms with Gasteiger partial charge in [-0.1, -0.05) is 37.3 Å². The van der Waals surface area contributed by atoms with Crippen molar-refractivity contribution >= 4 is 16.8 Å². The van der Waals surface area contributed by atoms with Crippen LogP contribution < -0.4 is 14.8 Å². The van der Waals surface area contributed by atoms with E-state index in [-0.39, 0.29) is 12.0 Å². The van der Waals surface area contributed by atoms with Crippen molar-refractivity contribution in [1.82, 2.24) is 9.88 Å². The van der Waals surface area contributed by atoms with Gasteiger partial charge < -0.3 is 19.4 Å². The molecule has 140 valence electrons. The molecule has 1 aromatic heterocycles. The minimum absolute atomic E-state index is 0.0831. The Morgan fingerprint density at radius 3 is 2.89 bits per heavy atom. The molecule has 4 rings (SSSR count). The van der Waals surface area contributed by atoms with Crippen molar-refractivity contribution in [2.24, 2.45) is 0 Å². The van der Waals surface area contributed by atoms with Crippen LogP contribution in [0.5, 0.6) is 11.5 Å². The predicted octanol–water partition coefficient (Wildman–Crippen LogP) is 4.14. The van der Waals surface area contributed by atoms with E-state index in [1.165, 1.54) is 0 Å². The summed E-state index contributed by atoms with van der Waals surface area (Å²) in [4.78, 5) is 13.0. The van der Waals surface area contributed by atoms with Crippen LogP contribution in [-0.4, -0.2) is 23.2 Å². The molecule has 3 aromatic rings. The number of nitrogens with zero attached hydrogens (tertiary/aromatic N) is 1.